The van der Waals surface area contributed by atoms with E-state index < -0.39 is 0 Å². The Hall–Kier alpha value is -0.200. The molecule has 1 radical (unpaired) electrons. The molecule has 1 aliphatic rings. The first kappa shape index (κ1) is 10.3. The fourth-order valence-corrected chi connectivity index (χ4v) is 2.52. The lowest BCUT2D eigenvalue weighted by Crippen LogP contribution is -1.93. The molecule has 2 rings (SSSR count). The van der Waals surface area contributed by atoms with Crippen LogP contribution < -0.4 is 0 Å². The SMILES string of the molecule is CCCc1cc(Cl)[c]c(Cl)c1C1CC1. The summed E-state index contributed by atoms with van der Waals surface area (Å²) in [6.45, 7) is 2.18. The van der Waals surface area contributed by atoms with Gasteiger partial charge in [0.15, 0.2) is 0 Å². The fraction of sp³-hybridized carbons (Fsp3) is 0.500. The highest BCUT2D eigenvalue weighted by molar-refractivity contribution is 6.35. The zero-order valence-corrected chi connectivity index (χ0v) is 9.75. The highest BCUT2D eigenvalue weighted by atomic mass is 35.5. The van der Waals surface area contributed by atoms with Crippen molar-refractivity contribution in [3.8, 4) is 0 Å². The van der Waals surface area contributed by atoms with Crippen molar-refractivity contribution in [2.75, 3.05) is 0 Å². The van der Waals surface area contributed by atoms with Crippen molar-refractivity contribution in [1.29, 1.82) is 0 Å². The molecule has 1 aromatic rings. The molecule has 0 nitrogen and oxygen atoms in total. The number of aryl methyl sites for hydroxylation is 1. The Labute approximate surface area is 95.2 Å². The predicted molar refractivity (Wildman–Crippen MR) is 61.3 cm³/mol. The quantitative estimate of drug-likeness (QED) is 0.707. The van der Waals surface area contributed by atoms with Gasteiger partial charge in [0, 0.05) is 6.07 Å². The highest BCUT2D eigenvalue weighted by Crippen LogP contribution is 2.45. The summed E-state index contributed by atoms with van der Waals surface area (Å²) in [4.78, 5) is 0. The van der Waals surface area contributed by atoms with E-state index >= 15 is 0 Å². The van der Waals surface area contributed by atoms with Crippen LogP contribution in [0.25, 0.3) is 0 Å². The van der Waals surface area contributed by atoms with E-state index in [-0.39, 0.29) is 0 Å². The van der Waals surface area contributed by atoms with Crippen molar-refractivity contribution in [2.45, 2.75) is 38.5 Å². The van der Waals surface area contributed by atoms with Crippen LogP contribution in [-0.4, -0.2) is 0 Å². The minimum Gasteiger partial charge on any atom is -0.0836 e. The van der Waals surface area contributed by atoms with Crippen molar-refractivity contribution in [3.63, 3.8) is 0 Å². The Balaban J connectivity index is 2.42. The average Bonchev–Trinajstić information content (AvgIpc) is 2.87. The van der Waals surface area contributed by atoms with E-state index in [1.807, 2.05) is 6.07 Å². The minimum atomic E-state index is 0.642. The van der Waals surface area contributed by atoms with Crippen LogP contribution in [0, 0.1) is 6.07 Å². The predicted octanol–water partition coefficient (Wildman–Crippen LogP) is 4.62. The van der Waals surface area contributed by atoms with Crippen LogP contribution in [0.3, 0.4) is 0 Å². The van der Waals surface area contributed by atoms with Crippen LogP contribution in [0.2, 0.25) is 10.0 Å². The molecule has 14 heavy (non-hydrogen) atoms. The number of benzene rings is 1. The van der Waals surface area contributed by atoms with Gasteiger partial charge < -0.3 is 0 Å². The van der Waals surface area contributed by atoms with Gasteiger partial charge in [-0.2, -0.15) is 0 Å². The first-order valence-electron chi connectivity index (χ1n) is 5.12. The molecule has 0 aliphatic heterocycles. The van der Waals surface area contributed by atoms with Gasteiger partial charge in [0.05, 0.1) is 10.0 Å². The molecule has 0 saturated heterocycles. The summed E-state index contributed by atoms with van der Waals surface area (Å²) in [6.07, 6.45) is 4.74. The molecule has 0 unspecified atom stereocenters. The normalized spacial score (nSPS) is 15.9. The molecule has 0 heterocycles. The third-order valence-electron chi connectivity index (χ3n) is 2.62. The van der Waals surface area contributed by atoms with Gasteiger partial charge >= 0.3 is 0 Å². The Morgan fingerprint density at radius 1 is 1.43 bits per heavy atom. The van der Waals surface area contributed by atoms with E-state index in [0.717, 1.165) is 17.9 Å². The van der Waals surface area contributed by atoms with Gasteiger partial charge in [0.25, 0.3) is 0 Å². The van der Waals surface area contributed by atoms with Crippen LogP contribution in [0.15, 0.2) is 6.07 Å². The molecule has 0 bridgehead atoms. The molecule has 1 saturated carbocycles. The lowest BCUT2D eigenvalue weighted by Gasteiger charge is -2.10. The lowest BCUT2D eigenvalue weighted by atomic mass is 9.99. The number of hydrogen-bond acceptors (Lipinski definition) is 0. The van der Waals surface area contributed by atoms with Gasteiger partial charge in [-0.25, -0.2) is 0 Å². The van der Waals surface area contributed by atoms with E-state index in [1.54, 1.807) is 0 Å². The van der Waals surface area contributed by atoms with Crippen molar-refractivity contribution in [2.24, 2.45) is 0 Å². The van der Waals surface area contributed by atoms with Crippen molar-refractivity contribution < 1.29 is 0 Å². The standard InChI is InChI=1S/C12H13Cl2/c1-2-3-9-6-10(13)7-11(14)12(9)8-4-5-8/h6,8H,2-5H2,1H3. The second kappa shape index (κ2) is 4.12. The Morgan fingerprint density at radius 2 is 2.14 bits per heavy atom. The van der Waals surface area contributed by atoms with E-state index in [4.69, 9.17) is 23.2 Å². The number of rotatable bonds is 3. The van der Waals surface area contributed by atoms with E-state index in [9.17, 15) is 0 Å². The zero-order chi connectivity index (χ0) is 10.1. The van der Waals surface area contributed by atoms with Crippen molar-refractivity contribution in [3.05, 3.63) is 33.3 Å². The minimum absolute atomic E-state index is 0.642. The van der Waals surface area contributed by atoms with Gasteiger partial charge in [0.1, 0.15) is 0 Å². The first-order valence-corrected chi connectivity index (χ1v) is 5.88. The maximum Gasteiger partial charge on any atom is 0.0538 e. The van der Waals surface area contributed by atoms with Crippen LogP contribution in [0.1, 0.15) is 43.2 Å². The second-order valence-corrected chi connectivity index (χ2v) is 4.68. The summed E-state index contributed by atoms with van der Waals surface area (Å²) in [5.41, 5.74) is 2.63. The van der Waals surface area contributed by atoms with Crippen LogP contribution in [0.4, 0.5) is 0 Å². The van der Waals surface area contributed by atoms with Crippen LogP contribution >= 0.6 is 23.2 Å². The van der Waals surface area contributed by atoms with E-state index in [0.29, 0.717) is 10.9 Å². The van der Waals surface area contributed by atoms with E-state index in [1.165, 1.54) is 24.0 Å². The third-order valence-corrected chi connectivity index (χ3v) is 3.12. The largest absolute Gasteiger partial charge is 0.0836 e. The molecule has 2 heteroatoms. The molecule has 0 amide bonds. The summed E-state index contributed by atoms with van der Waals surface area (Å²) in [6, 6.07) is 5.01. The Bertz CT molecular complexity index is 340. The lowest BCUT2D eigenvalue weighted by molar-refractivity contribution is 0.897. The maximum atomic E-state index is 6.17. The molecule has 75 valence electrons. The molecule has 1 aliphatic carbocycles. The average molecular weight is 228 g/mol. The monoisotopic (exact) mass is 227 g/mol. The van der Waals surface area contributed by atoms with Gasteiger partial charge in [-0.15, -0.1) is 0 Å². The topological polar surface area (TPSA) is 0 Å². The fourth-order valence-electron chi connectivity index (χ4n) is 1.87. The van der Waals surface area contributed by atoms with E-state index in [2.05, 4.69) is 13.0 Å². The smallest absolute Gasteiger partial charge is 0.0538 e. The zero-order valence-electron chi connectivity index (χ0n) is 8.24. The molecular formula is C12H13Cl2. The highest BCUT2D eigenvalue weighted by Gasteiger charge is 2.28. The van der Waals surface area contributed by atoms with Gasteiger partial charge in [-0.1, -0.05) is 36.5 Å². The maximum absolute atomic E-state index is 6.17. The van der Waals surface area contributed by atoms with Crippen LogP contribution in [0.5, 0.6) is 0 Å². The van der Waals surface area contributed by atoms with Gasteiger partial charge in [-0.3, -0.25) is 0 Å². The Kier molecular flexibility index (Phi) is 3.04. The van der Waals surface area contributed by atoms with Crippen LogP contribution in [-0.2, 0) is 6.42 Å². The Morgan fingerprint density at radius 3 is 2.71 bits per heavy atom. The summed E-state index contributed by atoms with van der Waals surface area (Å²) < 4.78 is 0. The second-order valence-electron chi connectivity index (χ2n) is 3.89. The first-order chi connectivity index (χ1) is 6.72. The molecular weight excluding hydrogens is 215 g/mol. The number of halogens is 2. The summed E-state index contributed by atoms with van der Waals surface area (Å²) in [5.74, 6) is 0.678. The number of hydrogen-bond donors (Lipinski definition) is 0. The molecule has 0 N–H and O–H groups in total. The van der Waals surface area contributed by atoms with Crippen molar-refractivity contribution >= 4 is 23.2 Å². The van der Waals surface area contributed by atoms with Gasteiger partial charge in [-0.05, 0) is 42.4 Å². The van der Waals surface area contributed by atoms with Crippen molar-refractivity contribution in [1.82, 2.24) is 0 Å². The molecule has 0 aromatic heterocycles. The summed E-state index contributed by atoms with van der Waals surface area (Å²) in [7, 11) is 0. The van der Waals surface area contributed by atoms with Gasteiger partial charge in [0.2, 0.25) is 0 Å². The molecule has 0 spiro atoms. The summed E-state index contributed by atoms with van der Waals surface area (Å²) >= 11 is 12.1. The summed E-state index contributed by atoms with van der Waals surface area (Å²) in [5, 5.41) is 1.38. The molecule has 0 atom stereocenters. The third kappa shape index (κ3) is 2.07. The molecule has 1 fully saturated rings. The molecule has 1 aromatic carbocycles.